The van der Waals surface area contributed by atoms with Crippen molar-refractivity contribution in [3.8, 4) is 5.75 Å². The fourth-order valence-electron chi connectivity index (χ4n) is 2.78. The first-order chi connectivity index (χ1) is 16.0. The van der Waals surface area contributed by atoms with Crippen LogP contribution in [0.1, 0.15) is 38.0 Å². The first-order valence-corrected chi connectivity index (χ1v) is 10.5. The number of carbonyl (C=O) groups excluding carboxylic acids is 3. The Hall–Kier alpha value is -4.24. The zero-order chi connectivity index (χ0) is 23.6. The largest absolute Gasteiger partial charge is 0.494 e. The molecule has 4 N–H and O–H groups in total. The minimum atomic E-state index is -0.467. The van der Waals surface area contributed by atoms with Crippen LogP contribution in [0.25, 0.3) is 0 Å². The van der Waals surface area contributed by atoms with Crippen LogP contribution < -0.4 is 26.2 Å². The molecule has 0 fully saturated rings. The molecule has 0 heterocycles. The second kappa shape index (κ2) is 11.4. The molecule has 0 unspecified atom stereocenters. The first-order valence-electron chi connectivity index (χ1n) is 10.1. The molecule has 0 bridgehead atoms. The zero-order valence-electron chi connectivity index (χ0n) is 17.8. The molecule has 0 radical (unpaired) electrons. The normalized spacial score (nSPS) is 9.97. The molecule has 0 saturated heterocycles. The molecule has 0 aliphatic heterocycles. The quantitative estimate of drug-likeness (QED) is 0.331. The number of hydrogen-bond acceptors (Lipinski definition) is 5. The van der Waals surface area contributed by atoms with E-state index in [2.05, 4.69) is 21.5 Å². The van der Waals surface area contributed by atoms with E-state index in [-0.39, 0.29) is 11.0 Å². The van der Waals surface area contributed by atoms with Crippen molar-refractivity contribution < 1.29 is 19.1 Å². The summed E-state index contributed by atoms with van der Waals surface area (Å²) in [7, 11) is 0. The summed E-state index contributed by atoms with van der Waals surface area (Å²) < 4.78 is 5.37. The summed E-state index contributed by atoms with van der Waals surface area (Å²) in [5, 5.41) is 5.17. The van der Waals surface area contributed by atoms with Gasteiger partial charge in [0.2, 0.25) is 0 Å². The van der Waals surface area contributed by atoms with E-state index in [0.717, 1.165) is 0 Å². The van der Waals surface area contributed by atoms with Gasteiger partial charge in [0, 0.05) is 22.4 Å². The Balaban J connectivity index is 1.49. The Labute approximate surface area is 196 Å². The van der Waals surface area contributed by atoms with Crippen molar-refractivity contribution in [1.29, 1.82) is 0 Å². The highest BCUT2D eigenvalue weighted by Crippen LogP contribution is 2.13. The molecular weight excluding hydrogens is 440 g/mol. The summed E-state index contributed by atoms with van der Waals surface area (Å²) in [5.41, 5.74) is 6.68. The van der Waals surface area contributed by atoms with Crippen molar-refractivity contribution in [2.75, 3.05) is 11.9 Å². The molecule has 8 nitrogen and oxygen atoms in total. The van der Waals surface area contributed by atoms with Gasteiger partial charge in [0.1, 0.15) is 5.75 Å². The van der Waals surface area contributed by atoms with Crippen LogP contribution in [0.2, 0.25) is 0 Å². The number of anilines is 1. The average molecular weight is 463 g/mol. The number of nitrogens with one attached hydrogen (secondary N) is 4. The first kappa shape index (κ1) is 23.4. The summed E-state index contributed by atoms with van der Waals surface area (Å²) in [4.78, 5) is 36.8. The Kier molecular flexibility index (Phi) is 8.09. The topological polar surface area (TPSA) is 109 Å². The number of carbonyl (C=O) groups is 3. The lowest BCUT2D eigenvalue weighted by atomic mass is 10.1. The fraction of sp³-hybridized carbons (Fsp3) is 0.0833. The van der Waals surface area contributed by atoms with Gasteiger partial charge in [-0.25, -0.2) is 0 Å². The van der Waals surface area contributed by atoms with Crippen molar-refractivity contribution in [3.63, 3.8) is 0 Å². The molecule has 168 valence electrons. The van der Waals surface area contributed by atoms with Gasteiger partial charge < -0.3 is 10.1 Å². The molecular formula is C24H22N4O4S. The minimum absolute atomic E-state index is 0.0677. The van der Waals surface area contributed by atoms with E-state index >= 15 is 0 Å². The summed E-state index contributed by atoms with van der Waals surface area (Å²) in [5.74, 6) is -0.587. The molecule has 0 aliphatic carbocycles. The third kappa shape index (κ3) is 6.88. The second-order valence-electron chi connectivity index (χ2n) is 6.72. The van der Waals surface area contributed by atoms with Crippen molar-refractivity contribution in [1.82, 2.24) is 16.2 Å². The summed E-state index contributed by atoms with van der Waals surface area (Å²) in [6, 6.07) is 21.8. The monoisotopic (exact) mass is 462 g/mol. The van der Waals surface area contributed by atoms with Gasteiger partial charge in [-0.2, -0.15) is 0 Å². The number of benzene rings is 3. The maximum atomic E-state index is 12.3. The molecule has 3 rings (SSSR count). The van der Waals surface area contributed by atoms with E-state index < -0.39 is 11.8 Å². The smallest absolute Gasteiger partial charge is 0.269 e. The van der Waals surface area contributed by atoms with Gasteiger partial charge in [0.15, 0.2) is 5.11 Å². The Bertz CT molecular complexity index is 1150. The number of rotatable bonds is 6. The Morgan fingerprint density at radius 1 is 0.758 bits per heavy atom. The van der Waals surface area contributed by atoms with E-state index in [9.17, 15) is 14.4 Å². The van der Waals surface area contributed by atoms with E-state index in [1.165, 1.54) is 0 Å². The molecule has 0 atom stereocenters. The van der Waals surface area contributed by atoms with Gasteiger partial charge >= 0.3 is 0 Å². The van der Waals surface area contributed by atoms with Crippen molar-refractivity contribution in [2.24, 2.45) is 0 Å². The maximum absolute atomic E-state index is 12.3. The van der Waals surface area contributed by atoms with E-state index in [1.807, 2.05) is 13.0 Å². The van der Waals surface area contributed by atoms with Crippen LogP contribution in [0.5, 0.6) is 5.75 Å². The predicted octanol–water partition coefficient (Wildman–Crippen LogP) is 3.29. The Morgan fingerprint density at radius 3 is 2.12 bits per heavy atom. The van der Waals surface area contributed by atoms with Gasteiger partial charge in [-0.1, -0.05) is 24.3 Å². The van der Waals surface area contributed by atoms with Gasteiger partial charge in [0.05, 0.1) is 6.61 Å². The van der Waals surface area contributed by atoms with E-state index in [1.54, 1.807) is 72.8 Å². The molecule has 0 spiro atoms. The molecule has 9 heteroatoms. The van der Waals surface area contributed by atoms with Crippen LogP contribution in [0.15, 0.2) is 78.9 Å². The van der Waals surface area contributed by atoms with E-state index in [0.29, 0.717) is 34.7 Å². The van der Waals surface area contributed by atoms with Crippen LogP contribution in [-0.4, -0.2) is 29.4 Å². The fourth-order valence-corrected chi connectivity index (χ4v) is 2.93. The lowest BCUT2D eigenvalue weighted by Gasteiger charge is -2.12. The molecule has 3 aromatic rings. The van der Waals surface area contributed by atoms with Crippen LogP contribution in [0.4, 0.5) is 5.69 Å². The number of thiocarbonyl (C=S) groups is 1. The average Bonchev–Trinajstić information content (AvgIpc) is 2.84. The lowest BCUT2D eigenvalue weighted by molar-refractivity contribution is 0.0934. The number of hydrazine groups is 1. The molecule has 0 aliphatic rings. The Morgan fingerprint density at radius 2 is 1.42 bits per heavy atom. The summed E-state index contributed by atoms with van der Waals surface area (Å²) >= 11 is 5.06. The van der Waals surface area contributed by atoms with Crippen molar-refractivity contribution in [3.05, 3.63) is 95.6 Å². The van der Waals surface area contributed by atoms with Crippen LogP contribution in [-0.2, 0) is 0 Å². The molecule has 0 saturated carbocycles. The third-order valence-electron chi connectivity index (χ3n) is 4.36. The SMILES string of the molecule is CCOc1cccc(C(=O)NC(=S)NNC(=O)c2ccc(NC(=O)c3ccccc3)cc2)c1. The lowest BCUT2D eigenvalue weighted by Crippen LogP contribution is -2.48. The highest BCUT2D eigenvalue weighted by Gasteiger charge is 2.11. The molecule has 3 amide bonds. The van der Waals surface area contributed by atoms with Crippen molar-refractivity contribution >= 4 is 40.7 Å². The predicted molar refractivity (Wildman–Crippen MR) is 129 cm³/mol. The number of amides is 3. The second-order valence-corrected chi connectivity index (χ2v) is 7.13. The summed E-state index contributed by atoms with van der Waals surface area (Å²) in [6.45, 7) is 2.33. The number of ether oxygens (including phenoxy) is 1. The zero-order valence-corrected chi connectivity index (χ0v) is 18.6. The molecule has 33 heavy (non-hydrogen) atoms. The van der Waals surface area contributed by atoms with Crippen LogP contribution in [0.3, 0.4) is 0 Å². The maximum Gasteiger partial charge on any atom is 0.269 e. The van der Waals surface area contributed by atoms with Crippen LogP contribution in [0, 0.1) is 0 Å². The van der Waals surface area contributed by atoms with E-state index in [4.69, 9.17) is 17.0 Å². The summed E-state index contributed by atoms with van der Waals surface area (Å²) in [6.07, 6.45) is 0. The highest BCUT2D eigenvalue weighted by molar-refractivity contribution is 7.80. The van der Waals surface area contributed by atoms with Gasteiger partial charge in [0.25, 0.3) is 17.7 Å². The van der Waals surface area contributed by atoms with Gasteiger partial charge in [-0.05, 0) is 73.7 Å². The highest BCUT2D eigenvalue weighted by atomic mass is 32.1. The van der Waals surface area contributed by atoms with Crippen molar-refractivity contribution in [2.45, 2.75) is 6.92 Å². The van der Waals surface area contributed by atoms with Gasteiger partial charge in [-0.3, -0.25) is 30.6 Å². The standard InChI is InChI=1S/C24H22N4O4S/c1-2-32-20-10-6-9-18(15-20)22(30)26-24(33)28-27-23(31)17-11-13-19(14-12-17)25-21(29)16-7-4-3-5-8-16/h3-15H,2H2,1H3,(H,25,29)(H,27,31)(H2,26,28,30,33). The molecule has 3 aromatic carbocycles. The van der Waals surface area contributed by atoms with Gasteiger partial charge in [-0.15, -0.1) is 0 Å². The number of hydrogen-bond donors (Lipinski definition) is 4. The minimum Gasteiger partial charge on any atom is -0.494 e. The van der Waals surface area contributed by atoms with Crippen LogP contribution >= 0.6 is 12.2 Å². The molecule has 0 aromatic heterocycles. The third-order valence-corrected chi connectivity index (χ3v) is 4.57.